The van der Waals surface area contributed by atoms with E-state index in [1.165, 1.54) is 5.32 Å². The van der Waals surface area contributed by atoms with E-state index >= 15 is 0 Å². The second kappa shape index (κ2) is 4.73. The summed E-state index contributed by atoms with van der Waals surface area (Å²) in [5.41, 5.74) is -1.16. The molecule has 0 fully saturated rings. The summed E-state index contributed by atoms with van der Waals surface area (Å²) in [5.74, 6) is -4.58. The van der Waals surface area contributed by atoms with Crippen molar-refractivity contribution in [3.63, 3.8) is 0 Å². The van der Waals surface area contributed by atoms with Gasteiger partial charge in [-0.05, 0) is 12.1 Å². The van der Waals surface area contributed by atoms with Crippen LogP contribution in [0.3, 0.4) is 0 Å². The molecule has 0 heterocycles. The van der Waals surface area contributed by atoms with Gasteiger partial charge in [0.1, 0.15) is 10.8 Å². The fourth-order valence-corrected chi connectivity index (χ4v) is 1.17. The van der Waals surface area contributed by atoms with E-state index < -0.39 is 40.1 Å². The maximum Gasteiger partial charge on any atom is 0.471 e. The third kappa shape index (κ3) is 3.04. The van der Waals surface area contributed by atoms with Crippen molar-refractivity contribution in [2.24, 2.45) is 0 Å². The number of benzene rings is 1. The lowest BCUT2D eigenvalue weighted by molar-refractivity contribution is -0.167. The first kappa shape index (κ1) is 14.1. The quantitative estimate of drug-likeness (QED) is 0.777. The number of carbonyl (C=O) groups is 2. The largest absolute Gasteiger partial charge is 0.506 e. The first-order valence-corrected chi connectivity index (χ1v) is 4.64. The van der Waals surface area contributed by atoms with E-state index in [2.05, 4.69) is 0 Å². The lowest BCUT2D eigenvalue weighted by Gasteiger charge is -2.11. The van der Waals surface area contributed by atoms with Gasteiger partial charge in [-0.1, -0.05) is 11.6 Å². The number of carboxylic acids is 1. The molecule has 0 aliphatic heterocycles. The van der Waals surface area contributed by atoms with Crippen LogP contribution in [0, 0.1) is 0 Å². The Morgan fingerprint density at radius 2 is 1.83 bits per heavy atom. The predicted molar refractivity (Wildman–Crippen MR) is 54.8 cm³/mol. The van der Waals surface area contributed by atoms with Crippen molar-refractivity contribution in [2.75, 3.05) is 5.32 Å². The summed E-state index contributed by atoms with van der Waals surface area (Å²) in [6, 6.07) is 1.45. The molecule has 0 saturated heterocycles. The summed E-state index contributed by atoms with van der Waals surface area (Å²) in [6.45, 7) is 0. The SMILES string of the molecule is O=C(O)c1cc(O)c(Cl)c(NC(=O)C(F)(F)F)c1. The highest BCUT2D eigenvalue weighted by Crippen LogP contribution is 2.33. The number of amides is 1. The molecule has 0 atom stereocenters. The number of hydrogen-bond acceptors (Lipinski definition) is 3. The van der Waals surface area contributed by atoms with Gasteiger partial charge in [-0.3, -0.25) is 4.79 Å². The summed E-state index contributed by atoms with van der Waals surface area (Å²) in [7, 11) is 0. The van der Waals surface area contributed by atoms with Crippen LogP contribution in [0.1, 0.15) is 10.4 Å². The smallest absolute Gasteiger partial charge is 0.471 e. The number of halogens is 4. The van der Waals surface area contributed by atoms with Gasteiger partial charge >= 0.3 is 18.1 Å². The van der Waals surface area contributed by atoms with E-state index in [1.54, 1.807) is 0 Å². The number of phenols is 1. The summed E-state index contributed by atoms with van der Waals surface area (Å²) in [6.07, 6.45) is -5.15. The monoisotopic (exact) mass is 283 g/mol. The molecule has 0 bridgehead atoms. The average molecular weight is 284 g/mol. The minimum Gasteiger partial charge on any atom is -0.506 e. The molecule has 1 aromatic rings. The standard InChI is InChI=1S/C9H5ClF3NO4/c10-6-4(14-8(18)9(11,12)13)1-3(7(16)17)2-5(6)15/h1-2,15H,(H,14,18)(H,16,17). The molecule has 5 nitrogen and oxygen atoms in total. The van der Waals surface area contributed by atoms with Crippen molar-refractivity contribution < 1.29 is 33.0 Å². The summed E-state index contributed by atoms with van der Waals surface area (Å²) in [4.78, 5) is 21.3. The highest BCUT2D eigenvalue weighted by molar-refractivity contribution is 6.35. The second-order valence-electron chi connectivity index (χ2n) is 3.11. The minimum absolute atomic E-state index is 0.519. The molecule has 0 aliphatic rings. The van der Waals surface area contributed by atoms with E-state index in [9.17, 15) is 27.9 Å². The Morgan fingerprint density at radius 1 is 1.28 bits per heavy atom. The maximum atomic E-state index is 12.0. The Hall–Kier alpha value is -1.96. The van der Waals surface area contributed by atoms with Crippen LogP contribution in [0.4, 0.5) is 18.9 Å². The van der Waals surface area contributed by atoms with E-state index in [-0.39, 0.29) is 0 Å². The number of carboxylic acid groups (broad SMARTS) is 1. The topological polar surface area (TPSA) is 86.6 Å². The molecule has 18 heavy (non-hydrogen) atoms. The van der Waals surface area contributed by atoms with Gasteiger partial charge in [-0.15, -0.1) is 0 Å². The molecule has 1 rings (SSSR count). The van der Waals surface area contributed by atoms with Crippen LogP contribution in [0.5, 0.6) is 5.75 Å². The van der Waals surface area contributed by atoms with Crippen LogP contribution < -0.4 is 5.32 Å². The van der Waals surface area contributed by atoms with Crippen molar-refractivity contribution in [2.45, 2.75) is 6.18 Å². The highest BCUT2D eigenvalue weighted by Gasteiger charge is 2.39. The molecule has 0 radical (unpaired) electrons. The Morgan fingerprint density at radius 3 is 2.28 bits per heavy atom. The third-order valence-electron chi connectivity index (χ3n) is 1.81. The molecular formula is C9H5ClF3NO4. The third-order valence-corrected chi connectivity index (χ3v) is 2.20. The van der Waals surface area contributed by atoms with Crippen LogP contribution in [-0.2, 0) is 4.79 Å². The van der Waals surface area contributed by atoms with Gasteiger partial charge in [-0.25, -0.2) is 4.79 Å². The first-order chi connectivity index (χ1) is 8.12. The Kier molecular flexibility index (Phi) is 3.70. The van der Waals surface area contributed by atoms with Gasteiger partial charge < -0.3 is 15.5 Å². The fraction of sp³-hybridized carbons (Fsp3) is 0.111. The van der Waals surface area contributed by atoms with E-state index in [0.717, 1.165) is 6.07 Å². The van der Waals surface area contributed by atoms with Crippen LogP contribution in [0.25, 0.3) is 0 Å². The van der Waals surface area contributed by atoms with Gasteiger partial charge in [0.15, 0.2) is 0 Å². The van der Waals surface area contributed by atoms with Crippen molar-refractivity contribution in [1.29, 1.82) is 0 Å². The van der Waals surface area contributed by atoms with Crippen LogP contribution in [0.2, 0.25) is 5.02 Å². The lowest BCUT2D eigenvalue weighted by Crippen LogP contribution is -2.30. The van der Waals surface area contributed by atoms with Crippen molar-refractivity contribution >= 4 is 29.2 Å². The number of phenolic OH excluding ortho intramolecular Hbond substituents is 1. The molecule has 0 aliphatic carbocycles. The van der Waals surface area contributed by atoms with Crippen molar-refractivity contribution in [3.8, 4) is 5.75 Å². The van der Waals surface area contributed by atoms with Gasteiger partial charge in [0.05, 0.1) is 11.3 Å². The van der Waals surface area contributed by atoms with Crippen LogP contribution >= 0.6 is 11.6 Å². The lowest BCUT2D eigenvalue weighted by atomic mass is 10.2. The van der Waals surface area contributed by atoms with Crippen molar-refractivity contribution in [1.82, 2.24) is 0 Å². The summed E-state index contributed by atoms with van der Waals surface area (Å²) in [5, 5.41) is 18.6. The number of anilines is 1. The molecule has 0 aromatic heterocycles. The maximum absolute atomic E-state index is 12.0. The predicted octanol–water partition coefficient (Wildman–Crippen LogP) is 2.24. The Labute approximate surface area is 103 Å². The number of nitrogens with one attached hydrogen (secondary N) is 1. The molecule has 1 aromatic carbocycles. The Balaban J connectivity index is 3.17. The van der Waals surface area contributed by atoms with Gasteiger partial charge in [0, 0.05) is 0 Å². The molecular weight excluding hydrogens is 279 g/mol. The number of aromatic hydroxyl groups is 1. The molecule has 3 N–H and O–H groups in total. The number of hydrogen-bond donors (Lipinski definition) is 3. The number of rotatable bonds is 2. The molecule has 9 heteroatoms. The van der Waals surface area contributed by atoms with Crippen LogP contribution in [0.15, 0.2) is 12.1 Å². The minimum atomic E-state index is -5.15. The fourth-order valence-electron chi connectivity index (χ4n) is 1.02. The number of aromatic carboxylic acids is 1. The molecule has 98 valence electrons. The highest BCUT2D eigenvalue weighted by atomic mass is 35.5. The van der Waals surface area contributed by atoms with Gasteiger partial charge in [-0.2, -0.15) is 13.2 Å². The zero-order valence-electron chi connectivity index (χ0n) is 8.38. The molecule has 0 saturated carbocycles. The number of alkyl halides is 3. The summed E-state index contributed by atoms with van der Waals surface area (Å²) >= 11 is 5.44. The van der Waals surface area contributed by atoms with Crippen LogP contribution in [-0.4, -0.2) is 28.3 Å². The molecule has 0 spiro atoms. The second-order valence-corrected chi connectivity index (χ2v) is 3.49. The van der Waals surface area contributed by atoms with E-state index in [4.69, 9.17) is 16.7 Å². The van der Waals surface area contributed by atoms with Gasteiger partial charge in [0.2, 0.25) is 0 Å². The van der Waals surface area contributed by atoms with E-state index in [0.29, 0.717) is 6.07 Å². The molecule has 0 unspecified atom stereocenters. The average Bonchev–Trinajstić information content (AvgIpc) is 2.22. The number of carbonyl (C=O) groups excluding carboxylic acids is 1. The zero-order valence-corrected chi connectivity index (χ0v) is 9.13. The normalized spacial score (nSPS) is 11.1. The molecule has 1 amide bonds. The zero-order chi connectivity index (χ0) is 14.1. The Bertz CT molecular complexity index is 515. The van der Waals surface area contributed by atoms with E-state index in [1.807, 2.05) is 0 Å². The van der Waals surface area contributed by atoms with Crippen molar-refractivity contribution in [3.05, 3.63) is 22.7 Å². The van der Waals surface area contributed by atoms with Gasteiger partial charge in [0.25, 0.3) is 0 Å². The summed E-state index contributed by atoms with van der Waals surface area (Å²) < 4.78 is 36.0. The first-order valence-electron chi connectivity index (χ1n) is 4.27.